The molecule has 0 aromatic heterocycles. The lowest BCUT2D eigenvalue weighted by molar-refractivity contribution is 0.714. The molecule has 0 amide bonds. The van der Waals surface area contributed by atoms with Crippen LogP contribution in [0.25, 0.3) is 66.4 Å². The maximum absolute atomic E-state index is 2.50. The zero-order chi connectivity index (χ0) is 40.8. The molecule has 0 bridgehead atoms. The summed E-state index contributed by atoms with van der Waals surface area (Å²) in [5.41, 5.74) is 19.1. The number of anilines is 3. The fraction of sp³-hybridized carbons (Fsp3) is 0.0333. The number of benzene rings is 10. The van der Waals surface area contributed by atoms with Gasteiger partial charge in [-0.25, -0.2) is 0 Å². The van der Waals surface area contributed by atoms with Gasteiger partial charge in [0, 0.05) is 22.2 Å². The second-order valence-electron chi connectivity index (χ2n) is 16.2. The van der Waals surface area contributed by atoms with Crippen molar-refractivity contribution in [3.63, 3.8) is 0 Å². The average molecular weight is 778 g/mol. The Morgan fingerprint density at radius 3 is 1.61 bits per heavy atom. The van der Waals surface area contributed by atoms with Crippen molar-refractivity contribution in [1.82, 2.24) is 0 Å². The van der Waals surface area contributed by atoms with Crippen LogP contribution in [0.4, 0.5) is 17.1 Å². The van der Waals surface area contributed by atoms with Crippen LogP contribution in [0.5, 0.6) is 0 Å². The quantitative estimate of drug-likeness (QED) is 0.149. The van der Waals surface area contributed by atoms with Crippen molar-refractivity contribution >= 4 is 27.8 Å². The molecule has 61 heavy (non-hydrogen) atoms. The molecule has 10 aromatic rings. The third-order valence-electron chi connectivity index (χ3n) is 12.8. The molecule has 0 saturated heterocycles. The summed E-state index contributed by atoms with van der Waals surface area (Å²) in [6.45, 7) is 2.40. The van der Waals surface area contributed by atoms with E-state index in [1.54, 1.807) is 0 Å². The fourth-order valence-electron chi connectivity index (χ4n) is 9.73. The Morgan fingerprint density at radius 2 is 0.820 bits per heavy atom. The minimum absolute atomic E-state index is 0.325. The third kappa shape index (κ3) is 6.26. The minimum Gasteiger partial charge on any atom is -0.309 e. The Hall–Kier alpha value is -7.74. The third-order valence-corrected chi connectivity index (χ3v) is 12.8. The first-order valence-electron chi connectivity index (χ1n) is 21.2. The number of hydrogen-bond acceptors (Lipinski definition) is 1. The molecule has 288 valence electrons. The molecular weight excluding hydrogens is 735 g/mol. The Kier molecular flexibility index (Phi) is 9.02. The molecule has 1 unspecified atom stereocenters. The standard InChI is InChI=1S/C60H43N/c1-60(49-22-6-3-7-23-49)55-29-12-10-27-54(55)59-56(60)30-16-32-58(59)61(50-24-14-21-48(41-50)44-35-33-43(34-36-44)42-17-4-2-5-18-42)57-31-13-11-26-53(57)47-39-37-46(38-40-47)52-28-15-20-45-19-8-9-25-51(45)52/h2-41H,1H3. The van der Waals surface area contributed by atoms with Crippen LogP contribution in [0.1, 0.15) is 23.6 Å². The first-order chi connectivity index (χ1) is 30.1. The van der Waals surface area contributed by atoms with Crippen LogP contribution in [-0.4, -0.2) is 0 Å². The van der Waals surface area contributed by atoms with E-state index in [4.69, 9.17) is 0 Å². The van der Waals surface area contributed by atoms with Crippen molar-refractivity contribution in [3.05, 3.63) is 259 Å². The fourth-order valence-corrected chi connectivity index (χ4v) is 9.73. The van der Waals surface area contributed by atoms with Crippen LogP contribution < -0.4 is 4.90 Å². The molecule has 10 aromatic carbocycles. The molecule has 0 aliphatic heterocycles. The van der Waals surface area contributed by atoms with Gasteiger partial charge in [0.25, 0.3) is 0 Å². The molecule has 0 fully saturated rings. The Labute approximate surface area is 358 Å². The Bertz CT molecular complexity index is 3180. The van der Waals surface area contributed by atoms with Gasteiger partial charge in [-0.1, -0.05) is 218 Å². The largest absolute Gasteiger partial charge is 0.309 e. The summed E-state index contributed by atoms with van der Waals surface area (Å²) in [6.07, 6.45) is 0. The Morgan fingerprint density at radius 1 is 0.328 bits per heavy atom. The predicted octanol–water partition coefficient (Wildman–Crippen LogP) is 16.3. The molecule has 1 heteroatoms. The van der Waals surface area contributed by atoms with E-state index in [2.05, 4.69) is 254 Å². The molecule has 1 aliphatic rings. The van der Waals surface area contributed by atoms with Crippen LogP contribution in [0.3, 0.4) is 0 Å². The Balaban J connectivity index is 1.09. The van der Waals surface area contributed by atoms with Gasteiger partial charge in [-0.2, -0.15) is 0 Å². The molecule has 0 spiro atoms. The highest BCUT2D eigenvalue weighted by atomic mass is 15.1. The molecule has 0 radical (unpaired) electrons. The van der Waals surface area contributed by atoms with Gasteiger partial charge in [0.15, 0.2) is 0 Å². The topological polar surface area (TPSA) is 3.24 Å². The first kappa shape index (κ1) is 36.3. The van der Waals surface area contributed by atoms with E-state index < -0.39 is 0 Å². The second kappa shape index (κ2) is 15.1. The molecule has 1 aliphatic carbocycles. The van der Waals surface area contributed by atoms with Gasteiger partial charge in [-0.05, 0) is 103 Å². The van der Waals surface area contributed by atoms with Crippen molar-refractivity contribution in [2.75, 3.05) is 4.90 Å². The van der Waals surface area contributed by atoms with Crippen LogP contribution >= 0.6 is 0 Å². The summed E-state index contributed by atoms with van der Waals surface area (Å²) in [7, 11) is 0. The van der Waals surface area contributed by atoms with Gasteiger partial charge in [-0.3, -0.25) is 0 Å². The van der Waals surface area contributed by atoms with Crippen LogP contribution in [0.2, 0.25) is 0 Å². The highest BCUT2D eigenvalue weighted by Gasteiger charge is 2.42. The van der Waals surface area contributed by atoms with Crippen molar-refractivity contribution < 1.29 is 0 Å². The van der Waals surface area contributed by atoms with Gasteiger partial charge in [-0.15, -0.1) is 0 Å². The van der Waals surface area contributed by atoms with E-state index in [1.807, 2.05) is 0 Å². The van der Waals surface area contributed by atoms with E-state index in [0.717, 1.165) is 17.1 Å². The molecule has 0 N–H and O–H groups in total. The maximum Gasteiger partial charge on any atom is 0.0543 e. The van der Waals surface area contributed by atoms with Crippen molar-refractivity contribution in [2.24, 2.45) is 0 Å². The first-order valence-corrected chi connectivity index (χ1v) is 21.2. The van der Waals surface area contributed by atoms with Crippen LogP contribution in [0, 0.1) is 0 Å². The van der Waals surface area contributed by atoms with Crippen molar-refractivity contribution in [1.29, 1.82) is 0 Å². The van der Waals surface area contributed by atoms with Gasteiger partial charge in [0.2, 0.25) is 0 Å². The summed E-state index contributed by atoms with van der Waals surface area (Å²) in [4.78, 5) is 2.50. The van der Waals surface area contributed by atoms with E-state index >= 15 is 0 Å². The van der Waals surface area contributed by atoms with Crippen molar-refractivity contribution in [2.45, 2.75) is 12.3 Å². The molecule has 1 nitrogen and oxygen atoms in total. The summed E-state index contributed by atoms with van der Waals surface area (Å²) < 4.78 is 0. The highest BCUT2D eigenvalue weighted by Crippen LogP contribution is 2.57. The minimum atomic E-state index is -0.325. The number of hydrogen-bond donors (Lipinski definition) is 0. The smallest absolute Gasteiger partial charge is 0.0543 e. The lowest BCUT2D eigenvalue weighted by Gasteiger charge is -2.32. The molecule has 1 atom stereocenters. The van der Waals surface area contributed by atoms with E-state index in [1.165, 1.54) is 83.1 Å². The summed E-state index contributed by atoms with van der Waals surface area (Å²) >= 11 is 0. The van der Waals surface area contributed by atoms with Crippen LogP contribution in [0.15, 0.2) is 243 Å². The lowest BCUT2D eigenvalue weighted by atomic mass is 9.74. The average Bonchev–Trinajstić information content (AvgIpc) is 3.61. The van der Waals surface area contributed by atoms with Gasteiger partial charge >= 0.3 is 0 Å². The van der Waals surface area contributed by atoms with Crippen molar-refractivity contribution in [3.8, 4) is 55.6 Å². The summed E-state index contributed by atoms with van der Waals surface area (Å²) in [5.74, 6) is 0. The van der Waals surface area contributed by atoms with Gasteiger partial charge in [0.05, 0.1) is 11.4 Å². The SMILES string of the molecule is CC1(c2ccccc2)c2ccccc2-c2c(N(c3cccc(-c4ccc(-c5ccccc5)cc4)c3)c3ccccc3-c3ccc(-c4cccc5ccccc45)cc3)cccc21. The summed E-state index contributed by atoms with van der Waals surface area (Å²) in [6, 6.07) is 88.8. The van der Waals surface area contributed by atoms with E-state index in [-0.39, 0.29) is 5.41 Å². The number of rotatable bonds is 8. The van der Waals surface area contributed by atoms with E-state index in [9.17, 15) is 0 Å². The predicted molar refractivity (Wildman–Crippen MR) is 258 cm³/mol. The molecule has 0 saturated carbocycles. The van der Waals surface area contributed by atoms with Gasteiger partial charge < -0.3 is 4.90 Å². The second-order valence-corrected chi connectivity index (χ2v) is 16.2. The number of fused-ring (bicyclic) bond motifs is 4. The van der Waals surface area contributed by atoms with Crippen LogP contribution in [-0.2, 0) is 5.41 Å². The monoisotopic (exact) mass is 777 g/mol. The normalized spacial score (nSPS) is 14.0. The molecule has 0 heterocycles. The number of nitrogens with zero attached hydrogens (tertiary/aromatic N) is 1. The zero-order valence-corrected chi connectivity index (χ0v) is 34.0. The lowest BCUT2D eigenvalue weighted by Crippen LogP contribution is -2.22. The molecule has 11 rings (SSSR count). The highest BCUT2D eigenvalue weighted by molar-refractivity contribution is 6.00. The van der Waals surface area contributed by atoms with E-state index in [0.29, 0.717) is 0 Å². The zero-order valence-electron chi connectivity index (χ0n) is 34.0. The number of para-hydroxylation sites is 1. The summed E-state index contributed by atoms with van der Waals surface area (Å²) in [5, 5.41) is 2.51. The maximum atomic E-state index is 2.50. The van der Waals surface area contributed by atoms with Gasteiger partial charge in [0.1, 0.15) is 0 Å². The molecular formula is C60H43N.